The first-order chi connectivity index (χ1) is 8.45. The zero-order chi connectivity index (χ0) is 13.7. The lowest BCUT2D eigenvalue weighted by Gasteiger charge is -2.17. The van der Waals surface area contributed by atoms with Crippen molar-refractivity contribution in [3.05, 3.63) is 16.4 Å². The van der Waals surface area contributed by atoms with Crippen molar-refractivity contribution in [1.82, 2.24) is 9.97 Å². The SMILES string of the molecule is CCC(C)CC(C)Nc1ncnc(N)c1[N+](=O)[O-]. The highest BCUT2D eigenvalue weighted by atomic mass is 16.6. The molecular weight excluding hydrogens is 234 g/mol. The van der Waals surface area contributed by atoms with Crippen molar-refractivity contribution in [1.29, 1.82) is 0 Å². The van der Waals surface area contributed by atoms with Gasteiger partial charge in [-0.25, -0.2) is 9.97 Å². The summed E-state index contributed by atoms with van der Waals surface area (Å²) in [5, 5.41) is 13.9. The molecule has 0 radical (unpaired) electrons. The Bertz CT molecular complexity index is 424. The van der Waals surface area contributed by atoms with Crippen molar-refractivity contribution in [3.63, 3.8) is 0 Å². The normalized spacial score (nSPS) is 13.9. The lowest BCUT2D eigenvalue weighted by Crippen LogP contribution is -2.20. The van der Waals surface area contributed by atoms with Gasteiger partial charge in [0, 0.05) is 6.04 Å². The van der Waals surface area contributed by atoms with Crippen molar-refractivity contribution in [2.45, 2.75) is 39.7 Å². The van der Waals surface area contributed by atoms with Crippen LogP contribution >= 0.6 is 0 Å². The summed E-state index contributed by atoms with van der Waals surface area (Å²) in [6.07, 6.45) is 3.21. The first-order valence-corrected chi connectivity index (χ1v) is 5.97. The molecule has 1 aromatic rings. The van der Waals surface area contributed by atoms with Gasteiger partial charge in [-0.3, -0.25) is 10.1 Å². The number of hydrogen-bond acceptors (Lipinski definition) is 6. The highest BCUT2D eigenvalue weighted by molar-refractivity contribution is 5.67. The molecule has 18 heavy (non-hydrogen) atoms. The number of aromatic nitrogens is 2. The Morgan fingerprint density at radius 1 is 1.50 bits per heavy atom. The second-order valence-corrected chi connectivity index (χ2v) is 4.51. The van der Waals surface area contributed by atoms with Gasteiger partial charge in [-0.05, 0) is 19.3 Å². The summed E-state index contributed by atoms with van der Waals surface area (Å²) in [6.45, 7) is 6.22. The third-order valence-electron chi connectivity index (χ3n) is 2.87. The molecule has 0 saturated heterocycles. The summed E-state index contributed by atoms with van der Waals surface area (Å²) in [5.41, 5.74) is 5.24. The molecular formula is C11H19N5O2. The van der Waals surface area contributed by atoms with Crippen LogP contribution in [0.25, 0.3) is 0 Å². The Labute approximate surface area is 106 Å². The number of nitro groups is 1. The molecule has 0 bridgehead atoms. The van der Waals surface area contributed by atoms with Gasteiger partial charge in [-0.15, -0.1) is 0 Å². The van der Waals surface area contributed by atoms with E-state index >= 15 is 0 Å². The van der Waals surface area contributed by atoms with Gasteiger partial charge in [0.1, 0.15) is 6.33 Å². The second kappa shape index (κ2) is 6.13. The summed E-state index contributed by atoms with van der Waals surface area (Å²) >= 11 is 0. The lowest BCUT2D eigenvalue weighted by atomic mass is 10.0. The molecule has 2 atom stereocenters. The van der Waals surface area contributed by atoms with Crippen LogP contribution in [0.15, 0.2) is 6.33 Å². The van der Waals surface area contributed by atoms with E-state index in [1.54, 1.807) is 0 Å². The molecule has 0 fully saturated rings. The van der Waals surface area contributed by atoms with E-state index in [1.807, 2.05) is 6.92 Å². The van der Waals surface area contributed by atoms with Crippen molar-refractivity contribution in [2.24, 2.45) is 5.92 Å². The molecule has 0 spiro atoms. The zero-order valence-corrected chi connectivity index (χ0v) is 10.9. The van der Waals surface area contributed by atoms with Gasteiger partial charge in [0.25, 0.3) is 0 Å². The van der Waals surface area contributed by atoms with Crippen LogP contribution < -0.4 is 11.1 Å². The number of rotatable bonds is 6. The quantitative estimate of drug-likeness (QED) is 0.594. The van der Waals surface area contributed by atoms with Gasteiger partial charge < -0.3 is 11.1 Å². The first-order valence-electron chi connectivity index (χ1n) is 5.97. The van der Waals surface area contributed by atoms with Crippen LogP contribution in [0.5, 0.6) is 0 Å². The van der Waals surface area contributed by atoms with Crippen LogP contribution in [0.1, 0.15) is 33.6 Å². The number of anilines is 2. The van der Waals surface area contributed by atoms with Crippen LogP contribution in [0, 0.1) is 16.0 Å². The van der Waals surface area contributed by atoms with Gasteiger partial charge >= 0.3 is 5.69 Å². The smallest absolute Gasteiger partial charge is 0.352 e. The summed E-state index contributed by atoms with van der Waals surface area (Å²) in [5.74, 6) is 0.613. The molecule has 1 heterocycles. The van der Waals surface area contributed by atoms with Gasteiger partial charge in [-0.2, -0.15) is 0 Å². The summed E-state index contributed by atoms with van der Waals surface area (Å²) < 4.78 is 0. The third-order valence-corrected chi connectivity index (χ3v) is 2.87. The number of nitrogen functional groups attached to an aromatic ring is 1. The monoisotopic (exact) mass is 253 g/mol. The van der Waals surface area contributed by atoms with E-state index in [1.165, 1.54) is 6.33 Å². The minimum absolute atomic E-state index is 0.0907. The highest BCUT2D eigenvalue weighted by Crippen LogP contribution is 2.27. The average molecular weight is 253 g/mol. The van der Waals surface area contributed by atoms with Crippen LogP contribution in [-0.2, 0) is 0 Å². The topological polar surface area (TPSA) is 107 Å². The Morgan fingerprint density at radius 2 is 2.17 bits per heavy atom. The van der Waals surface area contributed by atoms with Crippen LogP contribution in [0.2, 0.25) is 0 Å². The first kappa shape index (κ1) is 14.1. The van der Waals surface area contributed by atoms with E-state index in [-0.39, 0.29) is 23.4 Å². The summed E-state index contributed by atoms with van der Waals surface area (Å²) in [6, 6.07) is 0.0907. The van der Waals surface area contributed by atoms with E-state index in [0.29, 0.717) is 5.92 Å². The molecule has 7 heteroatoms. The average Bonchev–Trinajstić information content (AvgIpc) is 2.28. The Balaban J connectivity index is 2.84. The molecule has 0 aliphatic rings. The molecule has 0 amide bonds. The van der Waals surface area contributed by atoms with Crippen molar-refractivity contribution in [3.8, 4) is 0 Å². The fraction of sp³-hybridized carbons (Fsp3) is 0.636. The standard InChI is InChI=1S/C11H19N5O2/c1-4-7(2)5-8(3)15-11-9(16(17)18)10(12)13-6-14-11/h6-8H,4-5H2,1-3H3,(H3,12,13,14,15). The fourth-order valence-corrected chi connectivity index (χ4v) is 1.74. The molecule has 100 valence electrons. The zero-order valence-electron chi connectivity index (χ0n) is 10.9. The molecule has 0 aliphatic carbocycles. The van der Waals surface area contributed by atoms with Crippen molar-refractivity contribution < 1.29 is 4.92 Å². The minimum Gasteiger partial charge on any atom is -0.378 e. The number of hydrogen-bond donors (Lipinski definition) is 2. The Kier molecular flexibility index (Phi) is 4.82. The van der Waals surface area contributed by atoms with Gasteiger partial charge in [0.05, 0.1) is 4.92 Å². The van der Waals surface area contributed by atoms with E-state index in [4.69, 9.17) is 5.73 Å². The predicted molar refractivity (Wildman–Crippen MR) is 70.3 cm³/mol. The lowest BCUT2D eigenvalue weighted by molar-refractivity contribution is -0.383. The highest BCUT2D eigenvalue weighted by Gasteiger charge is 2.22. The molecule has 0 saturated carbocycles. The minimum atomic E-state index is -0.562. The molecule has 2 unspecified atom stereocenters. The van der Waals surface area contributed by atoms with E-state index in [2.05, 4.69) is 29.1 Å². The largest absolute Gasteiger partial charge is 0.378 e. The second-order valence-electron chi connectivity index (χ2n) is 4.51. The van der Waals surface area contributed by atoms with Crippen molar-refractivity contribution in [2.75, 3.05) is 11.1 Å². The molecule has 0 aliphatic heterocycles. The van der Waals surface area contributed by atoms with Crippen LogP contribution in [0.4, 0.5) is 17.3 Å². The van der Waals surface area contributed by atoms with E-state index in [0.717, 1.165) is 12.8 Å². The van der Waals surface area contributed by atoms with Gasteiger partial charge in [0.15, 0.2) is 0 Å². The molecule has 7 nitrogen and oxygen atoms in total. The van der Waals surface area contributed by atoms with Gasteiger partial charge in [-0.1, -0.05) is 20.3 Å². The number of nitrogens with one attached hydrogen (secondary N) is 1. The number of nitrogens with two attached hydrogens (primary N) is 1. The summed E-state index contributed by atoms with van der Waals surface area (Å²) in [7, 11) is 0. The maximum Gasteiger partial charge on any atom is 0.352 e. The Morgan fingerprint density at radius 3 is 2.72 bits per heavy atom. The fourth-order valence-electron chi connectivity index (χ4n) is 1.74. The Hall–Kier alpha value is -1.92. The van der Waals surface area contributed by atoms with Gasteiger partial charge in [0.2, 0.25) is 11.6 Å². The maximum absolute atomic E-state index is 10.9. The molecule has 3 N–H and O–H groups in total. The van der Waals surface area contributed by atoms with Crippen molar-refractivity contribution >= 4 is 17.3 Å². The predicted octanol–water partition coefficient (Wildman–Crippen LogP) is 2.20. The van der Waals surface area contributed by atoms with Crippen LogP contribution in [0.3, 0.4) is 0 Å². The van der Waals surface area contributed by atoms with Crippen LogP contribution in [-0.4, -0.2) is 20.9 Å². The molecule has 1 rings (SSSR count). The third kappa shape index (κ3) is 3.54. The number of nitrogens with zero attached hydrogens (tertiary/aromatic N) is 3. The molecule has 0 aromatic carbocycles. The summed E-state index contributed by atoms with van der Waals surface area (Å²) in [4.78, 5) is 17.9. The van der Waals surface area contributed by atoms with E-state index in [9.17, 15) is 10.1 Å². The molecule has 1 aromatic heterocycles. The maximum atomic E-state index is 10.9. The van der Waals surface area contributed by atoms with E-state index < -0.39 is 4.92 Å².